The summed E-state index contributed by atoms with van der Waals surface area (Å²) in [5, 5.41) is 2.58. The molecule has 154 valence electrons. The average Bonchev–Trinajstić information content (AvgIpc) is 3.39. The first kappa shape index (κ1) is 18.8. The lowest BCUT2D eigenvalue weighted by atomic mass is 10.1. The van der Waals surface area contributed by atoms with E-state index in [1.807, 2.05) is 23.1 Å². The van der Waals surface area contributed by atoms with Gasteiger partial charge in [-0.1, -0.05) is 12.1 Å². The fraction of sp³-hybridized carbons (Fsp3) is 0.348. The molecule has 3 aliphatic rings. The monoisotopic (exact) mass is 407 g/mol. The van der Waals surface area contributed by atoms with Crippen LogP contribution >= 0.6 is 0 Å². The second-order valence-corrected chi connectivity index (χ2v) is 8.20. The average molecular weight is 407 g/mol. The molecule has 1 saturated heterocycles. The normalized spacial score (nSPS) is 20.4. The summed E-state index contributed by atoms with van der Waals surface area (Å²) in [6, 6.07) is 11.7. The number of fused-ring (bicyclic) bond motifs is 1. The third kappa shape index (κ3) is 3.34. The lowest BCUT2D eigenvalue weighted by Gasteiger charge is -2.20. The molecule has 3 amide bonds. The first-order valence-corrected chi connectivity index (χ1v) is 10.3. The summed E-state index contributed by atoms with van der Waals surface area (Å²) in [4.78, 5) is 41.1. The Morgan fingerprint density at radius 2 is 1.87 bits per heavy atom. The molecule has 0 radical (unpaired) electrons. The minimum absolute atomic E-state index is 0.0870. The lowest BCUT2D eigenvalue weighted by molar-refractivity contribution is -0.122. The molecule has 0 bridgehead atoms. The van der Waals surface area contributed by atoms with E-state index in [1.165, 1.54) is 12.1 Å². The quantitative estimate of drug-likeness (QED) is 0.847. The number of nitrogens with zero attached hydrogens (tertiary/aromatic N) is 2. The zero-order valence-electron chi connectivity index (χ0n) is 16.4. The van der Waals surface area contributed by atoms with Gasteiger partial charge < -0.3 is 15.1 Å². The minimum atomic E-state index is -0.543. The zero-order chi connectivity index (χ0) is 20.8. The molecule has 0 aromatic heterocycles. The van der Waals surface area contributed by atoms with Gasteiger partial charge in [-0.05, 0) is 55.2 Å². The maximum atomic E-state index is 13.8. The van der Waals surface area contributed by atoms with Crippen LogP contribution in [0.25, 0.3) is 0 Å². The molecule has 5 rings (SSSR count). The molecule has 30 heavy (non-hydrogen) atoms. The number of nitrogens with one attached hydrogen (secondary N) is 1. The Labute approximate surface area is 173 Å². The van der Waals surface area contributed by atoms with Gasteiger partial charge in [0.2, 0.25) is 17.7 Å². The SMILES string of the molecule is O=C(Nc1ccccc1F)C1CC(=O)N(c2ccc3c(c2)CCN3C(=O)C2CC2)C1. The number of carbonyl (C=O) groups is 3. The van der Waals surface area contributed by atoms with Crippen molar-refractivity contribution in [2.45, 2.75) is 25.7 Å². The standard InChI is InChI=1S/C23H22FN3O3/c24-18-3-1-2-4-19(18)25-22(29)16-12-21(28)27(13-16)17-7-8-20-15(11-17)9-10-26(20)23(30)14-5-6-14/h1-4,7-8,11,14,16H,5-6,9-10,12-13H2,(H,25,29). The maximum Gasteiger partial charge on any atom is 0.230 e. The van der Waals surface area contributed by atoms with Crippen LogP contribution in [0.15, 0.2) is 42.5 Å². The van der Waals surface area contributed by atoms with E-state index in [4.69, 9.17) is 0 Å². The predicted octanol–water partition coefficient (Wildman–Crippen LogP) is 3.12. The maximum absolute atomic E-state index is 13.8. The van der Waals surface area contributed by atoms with Gasteiger partial charge in [0.1, 0.15) is 5.82 Å². The van der Waals surface area contributed by atoms with Gasteiger partial charge in [-0.15, -0.1) is 0 Å². The van der Waals surface area contributed by atoms with Gasteiger partial charge in [-0.3, -0.25) is 14.4 Å². The number of hydrogen-bond donors (Lipinski definition) is 1. The highest BCUT2D eigenvalue weighted by atomic mass is 19.1. The first-order chi connectivity index (χ1) is 14.5. The molecule has 7 heteroatoms. The van der Waals surface area contributed by atoms with Crippen LogP contribution in [0.5, 0.6) is 0 Å². The van der Waals surface area contributed by atoms with Crippen molar-refractivity contribution < 1.29 is 18.8 Å². The van der Waals surface area contributed by atoms with E-state index in [0.717, 1.165) is 36.2 Å². The van der Waals surface area contributed by atoms with Crippen LogP contribution in [0.1, 0.15) is 24.8 Å². The summed E-state index contributed by atoms with van der Waals surface area (Å²) in [6.07, 6.45) is 2.80. The molecular formula is C23H22FN3O3. The van der Waals surface area contributed by atoms with Crippen LogP contribution in [-0.2, 0) is 20.8 Å². The first-order valence-electron chi connectivity index (χ1n) is 10.3. The van der Waals surface area contributed by atoms with Crippen molar-refractivity contribution in [1.82, 2.24) is 0 Å². The van der Waals surface area contributed by atoms with E-state index in [9.17, 15) is 18.8 Å². The van der Waals surface area contributed by atoms with Crippen molar-refractivity contribution in [3.63, 3.8) is 0 Å². The summed E-state index contributed by atoms with van der Waals surface area (Å²) in [5.41, 5.74) is 2.83. The van der Waals surface area contributed by atoms with Gasteiger partial charge in [0.05, 0.1) is 11.6 Å². The van der Waals surface area contributed by atoms with Gasteiger partial charge in [-0.2, -0.15) is 0 Å². The van der Waals surface area contributed by atoms with E-state index in [1.54, 1.807) is 17.0 Å². The minimum Gasteiger partial charge on any atom is -0.323 e. The largest absolute Gasteiger partial charge is 0.323 e. The van der Waals surface area contributed by atoms with Crippen molar-refractivity contribution in [1.29, 1.82) is 0 Å². The third-order valence-corrected chi connectivity index (χ3v) is 6.09. The summed E-state index contributed by atoms with van der Waals surface area (Å²) in [5.74, 6) is -1.17. The van der Waals surface area contributed by atoms with E-state index in [2.05, 4.69) is 5.32 Å². The molecule has 6 nitrogen and oxygen atoms in total. The van der Waals surface area contributed by atoms with Crippen LogP contribution in [-0.4, -0.2) is 30.8 Å². The second-order valence-electron chi connectivity index (χ2n) is 8.20. The number of hydrogen-bond acceptors (Lipinski definition) is 3. The molecule has 2 fully saturated rings. The number of halogens is 1. The molecule has 1 atom stereocenters. The molecule has 1 aliphatic carbocycles. The summed E-state index contributed by atoms with van der Waals surface area (Å²) in [6.45, 7) is 0.929. The number of benzene rings is 2. The smallest absolute Gasteiger partial charge is 0.230 e. The number of rotatable bonds is 4. The van der Waals surface area contributed by atoms with Crippen molar-refractivity contribution in [2.24, 2.45) is 11.8 Å². The molecular weight excluding hydrogens is 385 g/mol. The van der Waals surface area contributed by atoms with Gasteiger partial charge in [-0.25, -0.2) is 4.39 Å². The van der Waals surface area contributed by atoms with Crippen LogP contribution in [0.2, 0.25) is 0 Å². The summed E-state index contributed by atoms with van der Waals surface area (Å²) >= 11 is 0. The van der Waals surface area contributed by atoms with E-state index < -0.39 is 11.7 Å². The van der Waals surface area contributed by atoms with Crippen LogP contribution < -0.4 is 15.1 Å². The Balaban J connectivity index is 1.30. The Morgan fingerprint density at radius 1 is 1.07 bits per heavy atom. The molecule has 0 spiro atoms. The summed E-state index contributed by atoms with van der Waals surface area (Å²) < 4.78 is 13.8. The number of carbonyl (C=O) groups excluding carboxylic acids is 3. The molecule has 2 aromatic rings. The van der Waals surface area contributed by atoms with Crippen LogP contribution in [0.3, 0.4) is 0 Å². The zero-order valence-corrected chi connectivity index (χ0v) is 16.4. The molecule has 1 unspecified atom stereocenters. The highest BCUT2D eigenvalue weighted by molar-refractivity contribution is 6.04. The Bertz CT molecular complexity index is 1050. The fourth-order valence-corrected chi connectivity index (χ4v) is 4.27. The number of anilines is 3. The Hall–Kier alpha value is -3.22. The number of amides is 3. The lowest BCUT2D eigenvalue weighted by Crippen LogP contribution is -2.30. The highest BCUT2D eigenvalue weighted by Gasteiger charge is 2.38. The Morgan fingerprint density at radius 3 is 2.63 bits per heavy atom. The van der Waals surface area contributed by atoms with Crippen molar-refractivity contribution in [3.8, 4) is 0 Å². The van der Waals surface area contributed by atoms with Crippen LogP contribution in [0.4, 0.5) is 21.5 Å². The second kappa shape index (κ2) is 7.23. The molecule has 2 aliphatic heterocycles. The van der Waals surface area contributed by atoms with Gasteiger partial charge >= 0.3 is 0 Å². The van der Waals surface area contributed by atoms with Gasteiger partial charge in [0.25, 0.3) is 0 Å². The topological polar surface area (TPSA) is 69.7 Å². The number of para-hydroxylation sites is 1. The fourth-order valence-electron chi connectivity index (χ4n) is 4.27. The molecule has 2 aromatic carbocycles. The van der Waals surface area contributed by atoms with Crippen molar-refractivity contribution in [2.75, 3.05) is 28.2 Å². The highest BCUT2D eigenvalue weighted by Crippen LogP contribution is 2.38. The predicted molar refractivity (Wildman–Crippen MR) is 111 cm³/mol. The Kier molecular flexibility index (Phi) is 4.53. The van der Waals surface area contributed by atoms with E-state index >= 15 is 0 Å². The third-order valence-electron chi connectivity index (χ3n) is 6.09. The van der Waals surface area contributed by atoms with E-state index in [0.29, 0.717) is 6.54 Å². The molecule has 1 saturated carbocycles. The molecule has 2 heterocycles. The van der Waals surface area contributed by atoms with Gasteiger partial charge in [0.15, 0.2) is 0 Å². The van der Waals surface area contributed by atoms with E-state index in [-0.39, 0.29) is 42.3 Å². The van der Waals surface area contributed by atoms with Crippen molar-refractivity contribution in [3.05, 3.63) is 53.8 Å². The van der Waals surface area contributed by atoms with Gasteiger partial charge in [0, 0.05) is 36.8 Å². The summed E-state index contributed by atoms with van der Waals surface area (Å²) in [7, 11) is 0. The van der Waals surface area contributed by atoms with Crippen LogP contribution in [0, 0.1) is 17.7 Å². The van der Waals surface area contributed by atoms with Crippen molar-refractivity contribution >= 4 is 34.8 Å². The molecule has 1 N–H and O–H groups in total.